The van der Waals surface area contributed by atoms with E-state index in [-0.39, 0.29) is 0 Å². The summed E-state index contributed by atoms with van der Waals surface area (Å²) in [4.78, 5) is 0. The average Bonchev–Trinajstić information content (AvgIpc) is 2.22. The maximum absolute atomic E-state index is 4.07. The maximum atomic E-state index is 4.07. The Morgan fingerprint density at radius 2 is 1.93 bits per heavy atom. The van der Waals surface area contributed by atoms with Crippen LogP contribution in [0.5, 0.6) is 0 Å². The SMILES string of the molecule is C#C.C=C1CCC(C)=C(CCCC)C1. The molecule has 0 radical (unpaired) electrons. The normalized spacial score (nSPS) is 16.1. The molecule has 0 bridgehead atoms. The lowest BCUT2D eigenvalue weighted by Gasteiger charge is -2.19. The summed E-state index contributed by atoms with van der Waals surface area (Å²) >= 11 is 0. The first-order valence-corrected chi connectivity index (χ1v) is 5.41. The van der Waals surface area contributed by atoms with Crippen LogP contribution in [0.2, 0.25) is 0 Å². The highest BCUT2D eigenvalue weighted by Crippen LogP contribution is 2.30. The van der Waals surface area contributed by atoms with Crippen LogP contribution in [0.4, 0.5) is 0 Å². The van der Waals surface area contributed by atoms with E-state index in [1.165, 1.54) is 44.1 Å². The standard InChI is InChI=1S/C12H20.C2H2/c1-4-5-6-12-9-10(2)7-8-11(12)3;1-2/h2,4-9H2,1,3H3;1-2H. The van der Waals surface area contributed by atoms with Crippen LogP contribution in [-0.4, -0.2) is 0 Å². The van der Waals surface area contributed by atoms with Crippen molar-refractivity contribution in [2.24, 2.45) is 0 Å². The lowest BCUT2D eigenvalue weighted by Crippen LogP contribution is -1.99. The van der Waals surface area contributed by atoms with Crippen molar-refractivity contribution in [3.8, 4) is 12.8 Å². The van der Waals surface area contributed by atoms with Crippen LogP contribution in [-0.2, 0) is 0 Å². The van der Waals surface area contributed by atoms with E-state index >= 15 is 0 Å². The molecule has 0 nitrogen and oxygen atoms in total. The Hall–Kier alpha value is -0.960. The Balaban J connectivity index is 0.000000791. The summed E-state index contributed by atoms with van der Waals surface area (Å²) in [7, 11) is 0. The van der Waals surface area contributed by atoms with E-state index in [0.29, 0.717) is 0 Å². The van der Waals surface area contributed by atoms with E-state index in [0.717, 1.165) is 0 Å². The van der Waals surface area contributed by atoms with Gasteiger partial charge in [-0.25, -0.2) is 0 Å². The number of unbranched alkanes of at least 4 members (excludes halogenated alkanes) is 1. The van der Waals surface area contributed by atoms with Crippen molar-refractivity contribution in [1.82, 2.24) is 0 Å². The minimum atomic E-state index is 1.19. The van der Waals surface area contributed by atoms with Crippen LogP contribution in [0.1, 0.15) is 52.4 Å². The molecule has 0 unspecified atom stereocenters. The average molecular weight is 190 g/mol. The third-order valence-electron chi connectivity index (χ3n) is 2.75. The molecule has 0 amide bonds. The molecule has 14 heavy (non-hydrogen) atoms. The first-order chi connectivity index (χ1) is 6.74. The van der Waals surface area contributed by atoms with Gasteiger partial charge in [0, 0.05) is 0 Å². The highest BCUT2D eigenvalue weighted by atomic mass is 14.2. The Bertz CT molecular complexity index is 228. The van der Waals surface area contributed by atoms with Crippen LogP contribution in [0.15, 0.2) is 23.3 Å². The van der Waals surface area contributed by atoms with Crippen LogP contribution >= 0.6 is 0 Å². The van der Waals surface area contributed by atoms with Gasteiger partial charge in [-0.2, -0.15) is 0 Å². The maximum Gasteiger partial charge on any atom is -0.0108 e. The lowest BCUT2D eigenvalue weighted by molar-refractivity contribution is 0.717. The molecule has 0 saturated heterocycles. The number of allylic oxidation sites excluding steroid dienone is 3. The minimum absolute atomic E-state index is 1.19. The molecule has 0 heterocycles. The van der Waals surface area contributed by atoms with Gasteiger partial charge < -0.3 is 0 Å². The molecule has 0 aromatic rings. The smallest absolute Gasteiger partial charge is 0.0108 e. The second kappa shape index (κ2) is 7.44. The molecule has 78 valence electrons. The Kier molecular flexibility index (Phi) is 6.93. The number of terminal acetylenes is 1. The van der Waals surface area contributed by atoms with Crippen molar-refractivity contribution in [3.05, 3.63) is 23.3 Å². The van der Waals surface area contributed by atoms with E-state index in [1.807, 2.05) is 0 Å². The first kappa shape index (κ1) is 13.0. The molecular formula is C14H22. The summed E-state index contributed by atoms with van der Waals surface area (Å²) in [6.07, 6.45) is 15.6. The van der Waals surface area contributed by atoms with Gasteiger partial charge in [-0.15, -0.1) is 12.8 Å². The molecule has 0 atom stereocenters. The Morgan fingerprint density at radius 3 is 2.50 bits per heavy atom. The van der Waals surface area contributed by atoms with Crippen molar-refractivity contribution in [2.75, 3.05) is 0 Å². The highest BCUT2D eigenvalue weighted by molar-refractivity contribution is 5.24. The van der Waals surface area contributed by atoms with E-state index in [4.69, 9.17) is 0 Å². The number of hydrogen-bond donors (Lipinski definition) is 0. The number of hydrogen-bond acceptors (Lipinski definition) is 0. The number of rotatable bonds is 3. The van der Waals surface area contributed by atoms with Gasteiger partial charge in [-0.1, -0.05) is 36.6 Å². The molecule has 0 saturated carbocycles. The topological polar surface area (TPSA) is 0 Å². The van der Waals surface area contributed by atoms with Crippen molar-refractivity contribution < 1.29 is 0 Å². The molecule has 0 fully saturated rings. The van der Waals surface area contributed by atoms with Gasteiger partial charge >= 0.3 is 0 Å². The van der Waals surface area contributed by atoms with Crippen LogP contribution in [0, 0.1) is 12.8 Å². The monoisotopic (exact) mass is 190 g/mol. The first-order valence-electron chi connectivity index (χ1n) is 5.41. The van der Waals surface area contributed by atoms with Gasteiger partial charge in [0.1, 0.15) is 0 Å². The molecule has 0 heteroatoms. The zero-order valence-corrected chi connectivity index (χ0v) is 9.60. The third kappa shape index (κ3) is 4.33. The van der Waals surface area contributed by atoms with Gasteiger partial charge in [-0.05, 0) is 39.0 Å². The van der Waals surface area contributed by atoms with Crippen LogP contribution < -0.4 is 0 Å². The minimum Gasteiger partial charge on any atom is -0.124 e. The molecule has 1 aliphatic carbocycles. The van der Waals surface area contributed by atoms with E-state index in [9.17, 15) is 0 Å². The largest absolute Gasteiger partial charge is 0.124 e. The van der Waals surface area contributed by atoms with E-state index in [2.05, 4.69) is 33.3 Å². The predicted octanol–water partition coefficient (Wildman–Crippen LogP) is 4.48. The summed E-state index contributed by atoms with van der Waals surface area (Å²) in [5.74, 6) is 0. The molecule has 0 aliphatic heterocycles. The molecule has 1 aliphatic rings. The predicted molar refractivity (Wildman–Crippen MR) is 65.1 cm³/mol. The van der Waals surface area contributed by atoms with Crippen molar-refractivity contribution >= 4 is 0 Å². The fourth-order valence-corrected chi connectivity index (χ4v) is 1.77. The van der Waals surface area contributed by atoms with E-state index in [1.54, 1.807) is 11.1 Å². The quantitative estimate of drug-likeness (QED) is 0.454. The molecule has 1 rings (SSSR count). The summed E-state index contributed by atoms with van der Waals surface area (Å²) in [5.41, 5.74) is 4.75. The van der Waals surface area contributed by atoms with E-state index < -0.39 is 0 Å². The van der Waals surface area contributed by atoms with Gasteiger partial charge in [0.15, 0.2) is 0 Å². The van der Waals surface area contributed by atoms with Gasteiger partial charge in [0.05, 0.1) is 0 Å². The molecular weight excluding hydrogens is 168 g/mol. The highest BCUT2D eigenvalue weighted by Gasteiger charge is 2.10. The fraction of sp³-hybridized carbons (Fsp3) is 0.571. The molecule has 0 aromatic carbocycles. The van der Waals surface area contributed by atoms with Crippen molar-refractivity contribution in [1.29, 1.82) is 0 Å². The van der Waals surface area contributed by atoms with Crippen LogP contribution in [0.3, 0.4) is 0 Å². The fourth-order valence-electron chi connectivity index (χ4n) is 1.77. The summed E-state index contributed by atoms with van der Waals surface area (Å²) < 4.78 is 0. The Labute approximate surface area is 89.1 Å². The zero-order chi connectivity index (χ0) is 11.0. The summed E-state index contributed by atoms with van der Waals surface area (Å²) in [5, 5.41) is 0. The van der Waals surface area contributed by atoms with Crippen LogP contribution in [0.25, 0.3) is 0 Å². The summed E-state index contributed by atoms with van der Waals surface area (Å²) in [6, 6.07) is 0. The molecule has 0 aromatic heterocycles. The van der Waals surface area contributed by atoms with Gasteiger partial charge in [0.2, 0.25) is 0 Å². The second-order valence-electron chi connectivity index (χ2n) is 3.91. The molecule has 0 N–H and O–H groups in total. The summed E-state index contributed by atoms with van der Waals surface area (Å²) in [6.45, 7) is 8.62. The molecule has 0 spiro atoms. The van der Waals surface area contributed by atoms with Gasteiger partial charge in [-0.3, -0.25) is 0 Å². The second-order valence-corrected chi connectivity index (χ2v) is 3.91. The Morgan fingerprint density at radius 1 is 1.29 bits per heavy atom. The lowest BCUT2D eigenvalue weighted by atomic mass is 9.87. The van der Waals surface area contributed by atoms with Crippen molar-refractivity contribution in [3.63, 3.8) is 0 Å². The van der Waals surface area contributed by atoms with Gasteiger partial charge in [0.25, 0.3) is 0 Å². The zero-order valence-electron chi connectivity index (χ0n) is 9.60. The third-order valence-corrected chi connectivity index (χ3v) is 2.75. The van der Waals surface area contributed by atoms with Crippen molar-refractivity contribution in [2.45, 2.75) is 52.4 Å².